The minimum atomic E-state index is -0.0660. The molecular weight excluding hydrogens is 175 g/mol. The van der Waals surface area contributed by atoms with Crippen molar-refractivity contribution in [2.75, 3.05) is 0 Å². The Morgan fingerprint density at radius 1 is 1.56 bits per heavy atom. The molecule has 1 aliphatic carbocycles. The van der Waals surface area contributed by atoms with Crippen molar-refractivity contribution in [2.45, 2.75) is 23.6 Å². The summed E-state index contributed by atoms with van der Waals surface area (Å²) in [6.45, 7) is 0. The molecule has 2 atom stereocenters. The van der Waals surface area contributed by atoms with Crippen LogP contribution in [0.3, 0.4) is 0 Å². The molecule has 0 fully saturated rings. The van der Waals surface area contributed by atoms with Gasteiger partial charge in [0.1, 0.15) is 0 Å². The number of hydrogen-bond donors (Lipinski definition) is 1. The molecule has 0 bridgehead atoms. The molecular formula is C6H8Cl2S. The van der Waals surface area contributed by atoms with Gasteiger partial charge in [-0.3, -0.25) is 0 Å². The van der Waals surface area contributed by atoms with Gasteiger partial charge < -0.3 is 0 Å². The van der Waals surface area contributed by atoms with Crippen LogP contribution < -0.4 is 0 Å². The van der Waals surface area contributed by atoms with E-state index in [0.717, 1.165) is 17.7 Å². The minimum Gasteiger partial charge on any atom is -0.147 e. The summed E-state index contributed by atoms with van der Waals surface area (Å²) in [4.78, 5) is 0.919. The van der Waals surface area contributed by atoms with Crippen LogP contribution in [0.15, 0.2) is 11.0 Å². The van der Waals surface area contributed by atoms with Crippen LogP contribution in [0, 0.1) is 0 Å². The molecule has 0 N–H and O–H groups in total. The van der Waals surface area contributed by atoms with Gasteiger partial charge in [-0.2, -0.15) is 0 Å². The standard InChI is InChI=1S/C6H8Cl2S/c7-4-2-1-3-5(9)6(4)8/h3-4,6,9H,1-2H2. The van der Waals surface area contributed by atoms with Crippen molar-refractivity contribution >= 4 is 35.8 Å². The molecule has 0 aromatic heterocycles. The highest BCUT2D eigenvalue weighted by molar-refractivity contribution is 7.84. The lowest BCUT2D eigenvalue weighted by molar-refractivity contribution is 0.739. The van der Waals surface area contributed by atoms with Crippen molar-refractivity contribution in [3.8, 4) is 0 Å². The second-order valence-electron chi connectivity index (χ2n) is 2.12. The number of alkyl halides is 2. The largest absolute Gasteiger partial charge is 0.147 e. The van der Waals surface area contributed by atoms with Crippen LogP contribution in [0.5, 0.6) is 0 Å². The highest BCUT2D eigenvalue weighted by Gasteiger charge is 2.21. The van der Waals surface area contributed by atoms with Crippen molar-refractivity contribution in [2.24, 2.45) is 0 Å². The molecule has 0 amide bonds. The smallest absolute Gasteiger partial charge is 0.0802 e. The zero-order valence-electron chi connectivity index (χ0n) is 4.85. The van der Waals surface area contributed by atoms with Gasteiger partial charge in [0, 0.05) is 0 Å². The average Bonchev–Trinajstić information content (AvgIpc) is 1.83. The number of hydrogen-bond acceptors (Lipinski definition) is 1. The molecule has 2 unspecified atom stereocenters. The topological polar surface area (TPSA) is 0 Å². The summed E-state index contributed by atoms with van der Waals surface area (Å²) in [5.41, 5.74) is 0. The van der Waals surface area contributed by atoms with Crippen LogP contribution in [0.1, 0.15) is 12.8 Å². The average molecular weight is 183 g/mol. The molecule has 0 spiro atoms. The van der Waals surface area contributed by atoms with Crippen LogP contribution in [-0.4, -0.2) is 10.8 Å². The first-order chi connectivity index (χ1) is 4.22. The number of thiol groups is 1. The Hall–Kier alpha value is 0.670. The molecule has 52 valence electrons. The number of halogens is 2. The quantitative estimate of drug-likeness (QED) is 0.433. The van der Waals surface area contributed by atoms with E-state index < -0.39 is 0 Å². The van der Waals surface area contributed by atoms with Gasteiger partial charge in [0.2, 0.25) is 0 Å². The van der Waals surface area contributed by atoms with Crippen molar-refractivity contribution in [1.82, 2.24) is 0 Å². The van der Waals surface area contributed by atoms with Gasteiger partial charge in [-0.25, -0.2) is 0 Å². The second-order valence-corrected chi connectivity index (χ2v) is 3.67. The summed E-state index contributed by atoms with van der Waals surface area (Å²) in [6, 6.07) is 0. The van der Waals surface area contributed by atoms with Crippen LogP contribution in [-0.2, 0) is 0 Å². The highest BCUT2D eigenvalue weighted by Crippen LogP contribution is 2.29. The SMILES string of the molecule is SC1=CCCC(Cl)C1Cl. The molecule has 1 aliphatic rings. The Labute approximate surface area is 70.6 Å². The van der Waals surface area contributed by atoms with Crippen LogP contribution in [0.4, 0.5) is 0 Å². The fourth-order valence-corrected chi connectivity index (χ4v) is 1.71. The van der Waals surface area contributed by atoms with Crippen molar-refractivity contribution in [1.29, 1.82) is 0 Å². The third-order valence-corrected chi connectivity index (χ3v) is 3.15. The molecule has 0 saturated carbocycles. The molecule has 1 rings (SSSR count). The maximum Gasteiger partial charge on any atom is 0.0802 e. The monoisotopic (exact) mass is 182 g/mol. The Morgan fingerprint density at radius 2 is 2.22 bits per heavy atom. The lowest BCUT2D eigenvalue weighted by atomic mass is 10.1. The van der Waals surface area contributed by atoms with Gasteiger partial charge in [-0.1, -0.05) is 6.08 Å². The lowest BCUT2D eigenvalue weighted by Crippen LogP contribution is -2.18. The van der Waals surface area contributed by atoms with Crippen LogP contribution in [0.25, 0.3) is 0 Å². The molecule has 9 heavy (non-hydrogen) atoms. The Morgan fingerprint density at radius 3 is 2.67 bits per heavy atom. The van der Waals surface area contributed by atoms with Crippen LogP contribution >= 0.6 is 35.8 Å². The first kappa shape index (κ1) is 7.77. The first-order valence-corrected chi connectivity index (χ1v) is 4.21. The minimum absolute atomic E-state index is 0.0660. The van der Waals surface area contributed by atoms with Gasteiger partial charge in [0.15, 0.2) is 0 Å². The lowest BCUT2D eigenvalue weighted by Gasteiger charge is -2.19. The number of rotatable bonds is 0. The fourth-order valence-electron chi connectivity index (χ4n) is 0.835. The normalized spacial score (nSPS) is 36.1. The van der Waals surface area contributed by atoms with Gasteiger partial charge >= 0.3 is 0 Å². The predicted octanol–water partition coefficient (Wildman–Crippen LogP) is 2.81. The maximum atomic E-state index is 5.84. The summed E-state index contributed by atoms with van der Waals surface area (Å²) in [5, 5.41) is 0.00733. The molecule has 0 saturated heterocycles. The zero-order chi connectivity index (χ0) is 6.85. The van der Waals surface area contributed by atoms with E-state index in [1.54, 1.807) is 0 Å². The van der Waals surface area contributed by atoms with Gasteiger partial charge in [-0.15, -0.1) is 35.8 Å². The second kappa shape index (κ2) is 3.18. The molecule has 0 nitrogen and oxygen atoms in total. The van der Waals surface area contributed by atoms with Crippen LogP contribution in [0.2, 0.25) is 0 Å². The summed E-state index contributed by atoms with van der Waals surface area (Å²) < 4.78 is 0. The fraction of sp³-hybridized carbons (Fsp3) is 0.667. The van der Waals surface area contributed by atoms with Crippen molar-refractivity contribution < 1.29 is 0 Å². The number of allylic oxidation sites excluding steroid dienone is 2. The van der Waals surface area contributed by atoms with E-state index in [-0.39, 0.29) is 10.8 Å². The van der Waals surface area contributed by atoms with E-state index in [1.165, 1.54) is 0 Å². The zero-order valence-corrected chi connectivity index (χ0v) is 7.26. The third-order valence-electron chi connectivity index (χ3n) is 1.40. The summed E-state index contributed by atoms with van der Waals surface area (Å²) in [6.07, 6.45) is 4.01. The highest BCUT2D eigenvalue weighted by atomic mass is 35.5. The molecule has 0 heterocycles. The van der Waals surface area contributed by atoms with E-state index in [9.17, 15) is 0 Å². The van der Waals surface area contributed by atoms with Gasteiger partial charge in [0.25, 0.3) is 0 Å². The molecule has 0 aromatic carbocycles. The maximum absolute atomic E-state index is 5.84. The van der Waals surface area contributed by atoms with Crippen molar-refractivity contribution in [3.63, 3.8) is 0 Å². The third kappa shape index (κ3) is 1.79. The molecule has 3 heteroatoms. The van der Waals surface area contributed by atoms with E-state index >= 15 is 0 Å². The Balaban J connectivity index is 2.62. The summed E-state index contributed by atoms with van der Waals surface area (Å²) in [5.74, 6) is 0. The van der Waals surface area contributed by atoms with E-state index in [0.29, 0.717) is 0 Å². The first-order valence-electron chi connectivity index (χ1n) is 2.89. The van der Waals surface area contributed by atoms with Gasteiger partial charge in [-0.05, 0) is 17.7 Å². The molecule has 0 aliphatic heterocycles. The summed E-state index contributed by atoms with van der Waals surface area (Å²) in [7, 11) is 0. The predicted molar refractivity (Wildman–Crippen MR) is 45.6 cm³/mol. The van der Waals surface area contributed by atoms with E-state index in [1.807, 2.05) is 6.08 Å². The molecule has 0 radical (unpaired) electrons. The Bertz CT molecular complexity index is 133. The summed E-state index contributed by atoms with van der Waals surface area (Å²) >= 11 is 15.8. The Kier molecular flexibility index (Phi) is 2.74. The van der Waals surface area contributed by atoms with E-state index in [4.69, 9.17) is 23.2 Å². The van der Waals surface area contributed by atoms with Gasteiger partial charge in [0.05, 0.1) is 10.8 Å². The van der Waals surface area contributed by atoms with Crippen molar-refractivity contribution in [3.05, 3.63) is 11.0 Å². The molecule has 0 aromatic rings. The van der Waals surface area contributed by atoms with E-state index in [2.05, 4.69) is 12.6 Å².